The lowest BCUT2D eigenvalue weighted by atomic mass is 9.96. The molecule has 0 aliphatic carbocycles. The normalized spacial score (nSPS) is 24.9. The van der Waals surface area contributed by atoms with Crippen molar-refractivity contribution in [3.8, 4) is 0 Å². The number of rotatable bonds is 4. The van der Waals surface area contributed by atoms with Crippen molar-refractivity contribution in [2.24, 2.45) is 0 Å². The van der Waals surface area contributed by atoms with E-state index in [1.54, 1.807) is 9.80 Å². The van der Waals surface area contributed by atoms with Crippen LogP contribution in [0.2, 0.25) is 0 Å². The lowest BCUT2D eigenvalue weighted by molar-refractivity contribution is -0.0530. The summed E-state index contributed by atoms with van der Waals surface area (Å²) in [7, 11) is 0. The molecule has 2 bridgehead atoms. The number of carbonyl (C=O) groups is 2. The number of hydrogen-bond acceptors (Lipinski definition) is 5. The van der Waals surface area contributed by atoms with Crippen molar-refractivity contribution in [2.45, 2.75) is 83.4 Å². The van der Waals surface area contributed by atoms with Crippen LogP contribution in [0.4, 0.5) is 9.59 Å². The van der Waals surface area contributed by atoms with Gasteiger partial charge in [-0.1, -0.05) is 37.3 Å². The van der Waals surface area contributed by atoms with Gasteiger partial charge in [-0.25, -0.2) is 9.59 Å². The van der Waals surface area contributed by atoms with Crippen LogP contribution in [0.25, 0.3) is 0 Å². The zero-order chi connectivity index (χ0) is 21.2. The highest BCUT2D eigenvalue weighted by Crippen LogP contribution is 2.37. The number of piperazine rings is 1. The van der Waals surface area contributed by atoms with Crippen LogP contribution < -0.4 is 0 Å². The minimum absolute atomic E-state index is 0.126. The number of nitrogens with zero attached hydrogens (tertiary/aromatic N) is 2. The molecule has 2 fully saturated rings. The van der Waals surface area contributed by atoms with E-state index in [0.29, 0.717) is 13.0 Å². The first-order valence-corrected chi connectivity index (χ1v) is 10.4. The Bertz CT molecular complexity index is 718. The number of amides is 2. The molecule has 1 unspecified atom stereocenters. The van der Waals surface area contributed by atoms with Crippen LogP contribution in [0, 0.1) is 0 Å². The van der Waals surface area contributed by atoms with Crippen molar-refractivity contribution in [2.75, 3.05) is 6.54 Å². The highest BCUT2D eigenvalue weighted by Gasteiger charge is 2.53. The third-order valence-electron chi connectivity index (χ3n) is 5.56. The fraction of sp³-hybridized carbons (Fsp3) is 0.636. The summed E-state index contributed by atoms with van der Waals surface area (Å²) in [5.41, 5.74) is 0.310. The maximum atomic E-state index is 12.9. The first-order chi connectivity index (χ1) is 13.7. The minimum Gasteiger partial charge on any atom is -0.445 e. The van der Waals surface area contributed by atoms with E-state index in [1.165, 1.54) is 0 Å². The van der Waals surface area contributed by atoms with Crippen LogP contribution in [0.1, 0.15) is 52.5 Å². The molecule has 0 saturated carbocycles. The zero-order valence-corrected chi connectivity index (χ0v) is 17.7. The second kappa shape index (κ2) is 8.61. The van der Waals surface area contributed by atoms with E-state index in [2.05, 4.69) is 0 Å². The SMILES string of the molecule is CCC(O)[C@@H]1[C@@H]2CC[C@H](CN1C(=O)OCc1ccccc1)N2C(=O)OC(C)(C)C. The van der Waals surface area contributed by atoms with Crippen LogP contribution in [0.3, 0.4) is 0 Å². The molecule has 2 aliphatic rings. The first kappa shape index (κ1) is 21.4. The molecule has 7 heteroatoms. The summed E-state index contributed by atoms with van der Waals surface area (Å²) < 4.78 is 11.1. The number of benzene rings is 1. The Balaban J connectivity index is 1.75. The zero-order valence-electron chi connectivity index (χ0n) is 17.7. The summed E-state index contributed by atoms with van der Waals surface area (Å²) in [5, 5.41) is 10.7. The lowest BCUT2D eigenvalue weighted by Crippen LogP contribution is -2.66. The van der Waals surface area contributed by atoms with Gasteiger partial charge in [-0.2, -0.15) is 0 Å². The Labute approximate surface area is 172 Å². The number of aliphatic hydroxyl groups is 1. The summed E-state index contributed by atoms with van der Waals surface area (Å²) >= 11 is 0. The van der Waals surface area contributed by atoms with E-state index in [-0.39, 0.29) is 24.8 Å². The van der Waals surface area contributed by atoms with E-state index < -0.39 is 23.8 Å². The highest BCUT2D eigenvalue weighted by atomic mass is 16.6. The van der Waals surface area contributed by atoms with Gasteiger partial charge in [0.2, 0.25) is 0 Å². The molecule has 0 radical (unpaired) electrons. The van der Waals surface area contributed by atoms with E-state index in [0.717, 1.165) is 18.4 Å². The third kappa shape index (κ3) is 4.83. The van der Waals surface area contributed by atoms with Crippen molar-refractivity contribution in [3.05, 3.63) is 35.9 Å². The smallest absolute Gasteiger partial charge is 0.410 e. The van der Waals surface area contributed by atoms with Gasteiger partial charge in [0, 0.05) is 6.54 Å². The van der Waals surface area contributed by atoms with E-state index in [9.17, 15) is 14.7 Å². The Morgan fingerprint density at radius 1 is 1.17 bits per heavy atom. The topological polar surface area (TPSA) is 79.3 Å². The molecule has 2 saturated heterocycles. The van der Waals surface area contributed by atoms with Crippen LogP contribution in [-0.2, 0) is 16.1 Å². The average Bonchev–Trinajstić information content (AvgIpc) is 2.99. The van der Waals surface area contributed by atoms with Crippen molar-refractivity contribution >= 4 is 12.2 Å². The van der Waals surface area contributed by atoms with Crippen molar-refractivity contribution < 1.29 is 24.2 Å². The molecule has 4 atom stereocenters. The molecule has 160 valence electrons. The Hall–Kier alpha value is -2.28. The molecule has 7 nitrogen and oxygen atoms in total. The molecule has 1 aromatic carbocycles. The maximum Gasteiger partial charge on any atom is 0.410 e. The van der Waals surface area contributed by atoms with Gasteiger partial charge in [-0.3, -0.25) is 9.80 Å². The second-order valence-electron chi connectivity index (χ2n) is 8.84. The highest BCUT2D eigenvalue weighted by molar-refractivity contribution is 5.72. The molecular formula is C22H32N2O5. The van der Waals surface area contributed by atoms with Crippen LogP contribution >= 0.6 is 0 Å². The van der Waals surface area contributed by atoms with Gasteiger partial charge in [0.25, 0.3) is 0 Å². The number of carbonyl (C=O) groups excluding carboxylic acids is 2. The quantitative estimate of drug-likeness (QED) is 0.830. The summed E-state index contributed by atoms with van der Waals surface area (Å²) in [4.78, 5) is 29.0. The number of ether oxygens (including phenoxy) is 2. The number of likely N-dealkylation sites (tertiary alicyclic amines) is 1. The molecular weight excluding hydrogens is 372 g/mol. The number of aliphatic hydroxyl groups excluding tert-OH is 1. The Morgan fingerprint density at radius 2 is 1.86 bits per heavy atom. The fourth-order valence-corrected chi connectivity index (χ4v) is 4.29. The molecule has 0 aromatic heterocycles. The molecule has 1 N–H and O–H groups in total. The van der Waals surface area contributed by atoms with Gasteiger partial charge in [-0.15, -0.1) is 0 Å². The van der Waals surface area contributed by atoms with Gasteiger partial charge in [0.1, 0.15) is 12.2 Å². The average molecular weight is 405 g/mol. The lowest BCUT2D eigenvalue weighted by Gasteiger charge is -2.47. The molecule has 1 aromatic rings. The van der Waals surface area contributed by atoms with Crippen molar-refractivity contribution in [3.63, 3.8) is 0 Å². The standard InChI is InChI=1S/C22H32N2O5/c1-5-18(25)19-17-12-11-16(24(17)21(27)29-22(2,3)4)13-23(19)20(26)28-14-15-9-7-6-8-10-15/h6-10,16-19,25H,5,11-14H2,1-4H3/t16-,17+,18?,19+/m1/s1. The van der Waals surface area contributed by atoms with Crippen LogP contribution in [-0.4, -0.2) is 63.5 Å². The fourth-order valence-electron chi connectivity index (χ4n) is 4.29. The Morgan fingerprint density at radius 3 is 2.48 bits per heavy atom. The van der Waals surface area contributed by atoms with Gasteiger partial charge < -0.3 is 14.6 Å². The largest absolute Gasteiger partial charge is 0.445 e. The summed E-state index contributed by atoms with van der Waals surface area (Å²) in [5.74, 6) is 0. The molecule has 2 amide bonds. The van der Waals surface area contributed by atoms with Crippen LogP contribution in [0.15, 0.2) is 30.3 Å². The van der Waals surface area contributed by atoms with Gasteiger partial charge in [-0.05, 0) is 45.6 Å². The summed E-state index contributed by atoms with van der Waals surface area (Å²) in [6.07, 6.45) is 0.417. The van der Waals surface area contributed by atoms with Gasteiger partial charge in [0.15, 0.2) is 0 Å². The third-order valence-corrected chi connectivity index (χ3v) is 5.56. The molecule has 0 spiro atoms. The summed E-state index contributed by atoms with van der Waals surface area (Å²) in [6.45, 7) is 7.89. The van der Waals surface area contributed by atoms with Gasteiger partial charge in [0.05, 0.1) is 24.2 Å². The Kier molecular flexibility index (Phi) is 6.36. The number of hydrogen-bond donors (Lipinski definition) is 1. The van der Waals surface area contributed by atoms with E-state index in [4.69, 9.17) is 9.47 Å². The first-order valence-electron chi connectivity index (χ1n) is 10.4. The maximum absolute atomic E-state index is 12.9. The molecule has 2 aliphatic heterocycles. The minimum atomic E-state index is -0.742. The van der Waals surface area contributed by atoms with Crippen molar-refractivity contribution in [1.29, 1.82) is 0 Å². The monoisotopic (exact) mass is 404 g/mol. The predicted molar refractivity (Wildman–Crippen MR) is 108 cm³/mol. The molecule has 2 heterocycles. The molecule has 3 rings (SSSR count). The van der Waals surface area contributed by atoms with E-state index >= 15 is 0 Å². The van der Waals surface area contributed by atoms with E-state index in [1.807, 2.05) is 58.0 Å². The second-order valence-corrected chi connectivity index (χ2v) is 8.84. The number of fused-ring (bicyclic) bond motifs is 2. The van der Waals surface area contributed by atoms with Crippen molar-refractivity contribution in [1.82, 2.24) is 9.80 Å². The summed E-state index contributed by atoms with van der Waals surface area (Å²) in [6, 6.07) is 8.59. The van der Waals surface area contributed by atoms with Gasteiger partial charge >= 0.3 is 12.2 Å². The van der Waals surface area contributed by atoms with Crippen LogP contribution in [0.5, 0.6) is 0 Å². The predicted octanol–water partition coefficient (Wildman–Crippen LogP) is 3.55. The molecule has 29 heavy (non-hydrogen) atoms.